The zero-order valence-electron chi connectivity index (χ0n) is 19.5. The third-order valence-corrected chi connectivity index (χ3v) is 6.28. The van der Waals surface area contributed by atoms with Crippen LogP contribution in [0.5, 0.6) is 0 Å². The summed E-state index contributed by atoms with van der Waals surface area (Å²) in [6.07, 6.45) is 8.30. The minimum absolute atomic E-state index is 0.217. The van der Waals surface area contributed by atoms with Gasteiger partial charge in [0.05, 0.1) is 5.69 Å². The van der Waals surface area contributed by atoms with Crippen LogP contribution in [0.1, 0.15) is 31.2 Å². The van der Waals surface area contributed by atoms with Crippen LogP contribution in [0.3, 0.4) is 0 Å². The van der Waals surface area contributed by atoms with Crippen molar-refractivity contribution in [3.8, 4) is 22.5 Å². The molecule has 178 valence electrons. The van der Waals surface area contributed by atoms with E-state index in [1.54, 1.807) is 18.6 Å². The number of nitrogens with one attached hydrogen (secondary N) is 1. The highest BCUT2D eigenvalue weighted by atomic mass is 16.4. The van der Waals surface area contributed by atoms with Gasteiger partial charge in [-0.25, -0.2) is 14.8 Å². The third kappa shape index (κ3) is 4.98. The van der Waals surface area contributed by atoms with Crippen molar-refractivity contribution < 1.29 is 9.90 Å². The average molecular weight is 470 g/mol. The highest BCUT2D eigenvalue weighted by Crippen LogP contribution is 2.31. The lowest BCUT2D eigenvalue weighted by Crippen LogP contribution is -2.38. The van der Waals surface area contributed by atoms with Crippen LogP contribution in [-0.2, 0) is 6.54 Å². The number of piperidine rings is 1. The first-order valence-electron chi connectivity index (χ1n) is 11.8. The van der Waals surface area contributed by atoms with Gasteiger partial charge in [0.25, 0.3) is 0 Å². The number of nitrogens with zero attached hydrogens (tertiary/aromatic N) is 6. The zero-order valence-corrected chi connectivity index (χ0v) is 19.5. The van der Waals surface area contributed by atoms with Crippen molar-refractivity contribution in [3.63, 3.8) is 0 Å². The normalized spacial score (nSPS) is 15.7. The van der Waals surface area contributed by atoms with E-state index in [0.717, 1.165) is 53.2 Å². The topological polar surface area (TPSA) is 109 Å². The van der Waals surface area contributed by atoms with E-state index >= 15 is 0 Å². The van der Waals surface area contributed by atoms with E-state index < -0.39 is 6.09 Å². The van der Waals surface area contributed by atoms with Crippen LogP contribution in [-0.4, -0.2) is 53.9 Å². The maximum absolute atomic E-state index is 11.3. The molecule has 2 N–H and O–H groups in total. The smallest absolute Gasteiger partial charge is 0.407 e. The molecule has 1 fully saturated rings. The van der Waals surface area contributed by atoms with E-state index in [2.05, 4.69) is 15.3 Å². The molecule has 0 spiro atoms. The number of benzene rings is 1. The Bertz CT molecular complexity index is 1310. The van der Waals surface area contributed by atoms with Gasteiger partial charge in [-0.15, -0.1) is 0 Å². The number of amides is 1. The highest BCUT2D eigenvalue weighted by Gasteiger charge is 2.24. The summed E-state index contributed by atoms with van der Waals surface area (Å²) in [6.45, 7) is 3.95. The Kier molecular flexibility index (Phi) is 6.38. The first-order valence-corrected chi connectivity index (χ1v) is 11.8. The molecular formula is C26H27N7O2. The van der Waals surface area contributed by atoms with Gasteiger partial charge in [-0.05, 0) is 55.7 Å². The van der Waals surface area contributed by atoms with E-state index in [1.807, 2.05) is 60.3 Å². The van der Waals surface area contributed by atoms with E-state index in [4.69, 9.17) is 10.1 Å². The van der Waals surface area contributed by atoms with E-state index in [-0.39, 0.29) is 5.92 Å². The third-order valence-electron chi connectivity index (χ3n) is 6.28. The maximum atomic E-state index is 11.3. The molecule has 1 unspecified atom stereocenters. The SMILES string of the molecule is CCn1cc(-c2ccnc(Nc3ccc(C4CCCN(C(=O)O)C4)cc3)n2)c(-c2cccnc2)n1. The standard InChI is InChI=1S/C26H27N7O2/c1-2-33-17-22(24(31-33)19-5-3-12-27-15-19)23-11-13-28-25(30-23)29-21-9-7-18(8-10-21)20-6-4-14-32(16-20)26(34)35/h3,5,7-13,15,17,20H,2,4,6,14,16H2,1H3,(H,34,35)(H,28,29,30). The van der Waals surface area contributed by atoms with Gasteiger partial charge in [-0.3, -0.25) is 9.67 Å². The fraction of sp³-hybridized carbons (Fsp3) is 0.269. The Morgan fingerprint density at radius 2 is 2.03 bits per heavy atom. The van der Waals surface area contributed by atoms with Crippen molar-refractivity contribution >= 4 is 17.7 Å². The van der Waals surface area contributed by atoms with Gasteiger partial charge in [0.2, 0.25) is 5.95 Å². The van der Waals surface area contributed by atoms with Gasteiger partial charge >= 0.3 is 6.09 Å². The first kappa shape index (κ1) is 22.5. The number of hydrogen-bond acceptors (Lipinski definition) is 6. The highest BCUT2D eigenvalue weighted by molar-refractivity contribution is 5.78. The second kappa shape index (κ2) is 9.92. The second-order valence-corrected chi connectivity index (χ2v) is 8.57. The Labute approximate surface area is 203 Å². The van der Waals surface area contributed by atoms with Crippen LogP contribution in [0.15, 0.2) is 67.3 Å². The molecule has 1 aliphatic rings. The number of carbonyl (C=O) groups is 1. The average Bonchev–Trinajstić information content (AvgIpc) is 3.35. The van der Waals surface area contributed by atoms with Crippen LogP contribution >= 0.6 is 0 Å². The van der Waals surface area contributed by atoms with Crippen LogP contribution in [0.4, 0.5) is 16.4 Å². The van der Waals surface area contributed by atoms with Crippen LogP contribution in [0.2, 0.25) is 0 Å². The summed E-state index contributed by atoms with van der Waals surface area (Å²) in [5.74, 6) is 0.709. The summed E-state index contributed by atoms with van der Waals surface area (Å²) < 4.78 is 1.89. The fourth-order valence-electron chi connectivity index (χ4n) is 4.45. The molecule has 0 bridgehead atoms. The molecule has 0 aliphatic carbocycles. The molecule has 35 heavy (non-hydrogen) atoms. The minimum atomic E-state index is -0.846. The summed E-state index contributed by atoms with van der Waals surface area (Å²) in [4.78, 5) is 26.2. The van der Waals surface area contributed by atoms with E-state index in [1.165, 1.54) is 4.90 Å². The van der Waals surface area contributed by atoms with Gasteiger partial charge in [-0.2, -0.15) is 5.10 Å². The zero-order chi connectivity index (χ0) is 24.2. The lowest BCUT2D eigenvalue weighted by molar-refractivity contribution is 0.130. The number of carboxylic acid groups (broad SMARTS) is 1. The molecule has 9 nitrogen and oxygen atoms in total. The summed E-state index contributed by atoms with van der Waals surface area (Å²) in [6, 6.07) is 13.8. The Hall–Kier alpha value is -4.27. The molecule has 9 heteroatoms. The van der Waals surface area contributed by atoms with E-state index in [9.17, 15) is 9.90 Å². The predicted molar refractivity (Wildman–Crippen MR) is 133 cm³/mol. The maximum Gasteiger partial charge on any atom is 0.407 e. The molecule has 1 aliphatic heterocycles. The number of aromatic nitrogens is 5. The predicted octanol–water partition coefficient (Wildman–Crippen LogP) is 5.02. The van der Waals surface area contributed by atoms with Crippen molar-refractivity contribution in [1.29, 1.82) is 0 Å². The van der Waals surface area contributed by atoms with Crippen molar-refractivity contribution in [2.24, 2.45) is 0 Å². The Balaban J connectivity index is 1.35. The first-order chi connectivity index (χ1) is 17.1. The second-order valence-electron chi connectivity index (χ2n) is 8.57. The number of pyridine rings is 1. The molecule has 3 aromatic heterocycles. The number of likely N-dealkylation sites (tertiary alicyclic amines) is 1. The number of hydrogen-bond donors (Lipinski definition) is 2. The van der Waals surface area contributed by atoms with Gasteiger partial charge in [0, 0.05) is 67.2 Å². The van der Waals surface area contributed by atoms with Crippen LogP contribution in [0, 0.1) is 0 Å². The molecule has 1 aromatic carbocycles. The van der Waals surface area contributed by atoms with E-state index in [0.29, 0.717) is 19.0 Å². The summed E-state index contributed by atoms with van der Waals surface area (Å²) in [7, 11) is 0. The molecule has 1 amide bonds. The van der Waals surface area contributed by atoms with Crippen molar-refractivity contribution in [3.05, 3.63) is 72.8 Å². The number of aryl methyl sites for hydroxylation is 1. The molecule has 1 saturated heterocycles. The lowest BCUT2D eigenvalue weighted by atomic mass is 9.91. The largest absolute Gasteiger partial charge is 0.465 e. The molecule has 0 radical (unpaired) electrons. The monoisotopic (exact) mass is 469 g/mol. The number of anilines is 2. The molecular weight excluding hydrogens is 442 g/mol. The van der Waals surface area contributed by atoms with Crippen LogP contribution < -0.4 is 5.32 Å². The van der Waals surface area contributed by atoms with Crippen molar-refractivity contribution in [2.45, 2.75) is 32.2 Å². The summed E-state index contributed by atoms with van der Waals surface area (Å²) in [5.41, 5.74) is 5.46. The van der Waals surface area contributed by atoms with Crippen LogP contribution in [0.25, 0.3) is 22.5 Å². The molecule has 5 rings (SSSR count). The molecule has 4 aromatic rings. The summed E-state index contributed by atoms with van der Waals surface area (Å²) >= 11 is 0. The van der Waals surface area contributed by atoms with Gasteiger partial charge in [0.1, 0.15) is 5.69 Å². The summed E-state index contributed by atoms with van der Waals surface area (Å²) in [5, 5.41) is 17.3. The Morgan fingerprint density at radius 3 is 2.77 bits per heavy atom. The van der Waals surface area contributed by atoms with Crippen molar-refractivity contribution in [1.82, 2.24) is 29.6 Å². The van der Waals surface area contributed by atoms with Crippen molar-refractivity contribution in [2.75, 3.05) is 18.4 Å². The lowest BCUT2D eigenvalue weighted by Gasteiger charge is -2.31. The molecule has 1 atom stereocenters. The number of rotatable bonds is 6. The quantitative estimate of drug-likeness (QED) is 0.408. The van der Waals surface area contributed by atoms with Gasteiger partial charge in [-0.1, -0.05) is 12.1 Å². The Morgan fingerprint density at radius 1 is 1.17 bits per heavy atom. The van der Waals surface area contributed by atoms with Gasteiger partial charge < -0.3 is 15.3 Å². The molecule has 0 saturated carbocycles. The van der Waals surface area contributed by atoms with Gasteiger partial charge in [0.15, 0.2) is 0 Å². The molecule has 4 heterocycles. The minimum Gasteiger partial charge on any atom is -0.465 e. The fourth-order valence-corrected chi connectivity index (χ4v) is 4.45.